The number of aryl methyl sites for hydroxylation is 2. The van der Waals surface area contributed by atoms with Gasteiger partial charge in [-0.15, -0.1) is 0 Å². The molecule has 0 saturated carbocycles. The molecular formula is C14H17N3O2. The zero-order valence-corrected chi connectivity index (χ0v) is 11.3. The monoisotopic (exact) mass is 259 g/mol. The molecule has 0 amide bonds. The first-order valence-corrected chi connectivity index (χ1v) is 6.29. The van der Waals surface area contributed by atoms with Gasteiger partial charge in [0, 0.05) is 12.2 Å². The first-order valence-electron chi connectivity index (χ1n) is 6.29. The number of carboxylic acid groups (broad SMARTS) is 1. The molecule has 5 heteroatoms. The number of carboxylic acids is 1. The lowest BCUT2D eigenvalue weighted by atomic mass is 10.1. The van der Waals surface area contributed by atoms with Gasteiger partial charge in [-0.1, -0.05) is 13.0 Å². The summed E-state index contributed by atoms with van der Waals surface area (Å²) in [6, 6.07) is 5.52. The molecule has 2 rings (SSSR count). The van der Waals surface area contributed by atoms with Crippen LogP contribution in [0.2, 0.25) is 0 Å². The van der Waals surface area contributed by atoms with Gasteiger partial charge in [0.2, 0.25) is 0 Å². The summed E-state index contributed by atoms with van der Waals surface area (Å²) in [5.41, 5.74) is 2.81. The minimum atomic E-state index is -0.960. The highest BCUT2D eigenvalue weighted by molar-refractivity contribution is 5.95. The Balaban J connectivity index is 2.62. The molecule has 2 aromatic heterocycles. The van der Waals surface area contributed by atoms with Crippen LogP contribution in [0.25, 0.3) is 11.4 Å². The molecule has 19 heavy (non-hydrogen) atoms. The Bertz CT molecular complexity index is 617. The third kappa shape index (κ3) is 2.50. The molecule has 5 nitrogen and oxygen atoms in total. The molecule has 0 unspecified atom stereocenters. The van der Waals surface area contributed by atoms with Crippen LogP contribution in [0.5, 0.6) is 0 Å². The van der Waals surface area contributed by atoms with Crippen LogP contribution in [0.1, 0.15) is 35.1 Å². The van der Waals surface area contributed by atoms with Gasteiger partial charge in [0.1, 0.15) is 11.3 Å². The van der Waals surface area contributed by atoms with Crippen LogP contribution in [0.4, 0.5) is 0 Å². The number of rotatable bonds is 4. The van der Waals surface area contributed by atoms with Gasteiger partial charge in [0.25, 0.3) is 0 Å². The first kappa shape index (κ1) is 13.3. The average molecular weight is 259 g/mol. The van der Waals surface area contributed by atoms with E-state index in [0.717, 1.165) is 12.1 Å². The van der Waals surface area contributed by atoms with Crippen LogP contribution >= 0.6 is 0 Å². The van der Waals surface area contributed by atoms with E-state index in [4.69, 9.17) is 0 Å². The quantitative estimate of drug-likeness (QED) is 0.916. The second kappa shape index (κ2) is 5.22. The lowest BCUT2D eigenvalue weighted by Crippen LogP contribution is -2.04. The number of hydrogen-bond donors (Lipinski definition) is 1. The van der Waals surface area contributed by atoms with E-state index in [1.807, 2.05) is 26.0 Å². The maximum Gasteiger partial charge on any atom is 0.339 e. The Kier molecular flexibility index (Phi) is 3.64. The first-order chi connectivity index (χ1) is 9.04. The fraction of sp³-hybridized carbons (Fsp3) is 0.357. The van der Waals surface area contributed by atoms with Gasteiger partial charge < -0.3 is 5.11 Å². The summed E-state index contributed by atoms with van der Waals surface area (Å²) in [6.45, 7) is 6.40. The standard InChI is InChI=1S/C14H17N3O2/c1-4-8-17-10(3)12(14(18)19)13(16-17)11-7-5-6-9(2)15-11/h5-7H,4,8H2,1-3H3,(H,18,19). The lowest BCUT2D eigenvalue weighted by Gasteiger charge is -2.00. The highest BCUT2D eigenvalue weighted by atomic mass is 16.4. The van der Waals surface area contributed by atoms with Gasteiger partial charge in [-0.3, -0.25) is 9.67 Å². The normalized spacial score (nSPS) is 10.7. The van der Waals surface area contributed by atoms with Gasteiger partial charge >= 0.3 is 5.97 Å². The van der Waals surface area contributed by atoms with E-state index in [2.05, 4.69) is 10.1 Å². The third-order valence-electron chi connectivity index (χ3n) is 2.99. The average Bonchev–Trinajstić information content (AvgIpc) is 2.67. The molecule has 2 aromatic rings. The Hall–Kier alpha value is -2.17. The maximum absolute atomic E-state index is 11.4. The molecule has 0 aliphatic rings. The van der Waals surface area contributed by atoms with Gasteiger partial charge in [0.05, 0.1) is 11.4 Å². The maximum atomic E-state index is 11.4. The van der Waals surface area contributed by atoms with Crippen molar-refractivity contribution in [3.8, 4) is 11.4 Å². The van der Waals surface area contributed by atoms with Crippen molar-refractivity contribution < 1.29 is 9.90 Å². The molecule has 0 saturated heterocycles. The van der Waals surface area contributed by atoms with Crippen molar-refractivity contribution in [2.24, 2.45) is 0 Å². The van der Waals surface area contributed by atoms with Gasteiger partial charge in [0.15, 0.2) is 0 Å². The van der Waals surface area contributed by atoms with Crippen LogP contribution in [-0.2, 0) is 6.54 Å². The highest BCUT2D eigenvalue weighted by Gasteiger charge is 2.22. The molecule has 0 atom stereocenters. The predicted molar refractivity (Wildman–Crippen MR) is 72.2 cm³/mol. The van der Waals surface area contributed by atoms with Gasteiger partial charge in [-0.05, 0) is 32.4 Å². The van der Waals surface area contributed by atoms with Crippen LogP contribution < -0.4 is 0 Å². The number of pyridine rings is 1. The molecular weight excluding hydrogens is 242 g/mol. The number of aromatic nitrogens is 3. The number of carbonyl (C=O) groups is 1. The number of hydrogen-bond acceptors (Lipinski definition) is 3. The molecule has 0 fully saturated rings. The molecule has 0 aromatic carbocycles. The SMILES string of the molecule is CCCn1nc(-c2cccc(C)n2)c(C(=O)O)c1C. The van der Waals surface area contributed by atoms with Crippen molar-refractivity contribution >= 4 is 5.97 Å². The molecule has 0 aliphatic heterocycles. The number of nitrogens with zero attached hydrogens (tertiary/aromatic N) is 3. The number of aromatic carboxylic acids is 1. The molecule has 0 radical (unpaired) electrons. The smallest absolute Gasteiger partial charge is 0.339 e. The highest BCUT2D eigenvalue weighted by Crippen LogP contribution is 2.24. The molecule has 0 aliphatic carbocycles. The molecule has 2 heterocycles. The van der Waals surface area contributed by atoms with E-state index < -0.39 is 5.97 Å². The fourth-order valence-electron chi connectivity index (χ4n) is 2.09. The van der Waals surface area contributed by atoms with Gasteiger partial charge in [-0.2, -0.15) is 5.10 Å². The van der Waals surface area contributed by atoms with Crippen molar-refractivity contribution in [3.05, 3.63) is 35.2 Å². The topological polar surface area (TPSA) is 68.0 Å². The van der Waals surface area contributed by atoms with E-state index in [1.165, 1.54) is 0 Å². The summed E-state index contributed by atoms with van der Waals surface area (Å²) in [5, 5.41) is 13.8. The minimum Gasteiger partial charge on any atom is -0.478 e. The van der Waals surface area contributed by atoms with Crippen LogP contribution in [0.15, 0.2) is 18.2 Å². The van der Waals surface area contributed by atoms with Crippen LogP contribution in [0, 0.1) is 13.8 Å². The van der Waals surface area contributed by atoms with Crippen LogP contribution in [0.3, 0.4) is 0 Å². The zero-order chi connectivity index (χ0) is 14.0. The summed E-state index contributed by atoms with van der Waals surface area (Å²) in [6.07, 6.45) is 0.905. The summed E-state index contributed by atoms with van der Waals surface area (Å²) in [4.78, 5) is 15.8. The molecule has 0 spiro atoms. The summed E-state index contributed by atoms with van der Waals surface area (Å²) >= 11 is 0. The second-order valence-corrected chi connectivity index (χ2v) is 4.50. The van der Waals surface area contributed by atoms with Gasteiger partial charge in [-0.25, -0.2) is 4.79 Å². The van der Waals surface area contributed by atoms with Crippen LogP contribution in [-0.4, -0.2) is 25.8 Å². The molecule has 1 N–H and O–H groups in total. The largest absolute Gasteiger partial charge is 0.478 e. The Morgan fingerprint density at radius 3 is 2.68 bits per heavy atom. The van der Waals surface area contributed by atoms with E-state index in [0.29, 0.717) is 23.6 Å². The summed E-state index contributed by atoms with van der Waals surface area (Å²) < 4.78 is 1.74. The lowest BCUT2D eigenvalue weighted by molar-refractivity contribution is 0.0696. The Morgan fingerprint density at radius 1 is 1.37 bits per heavy atom. The second-order valence-electron chi connectivity index (χ2n) is 4.50. The molecule has 0 bridgehead atoms. The fourth-order valence-corrected chi connectivity index (χ4v) is 2.09. The Morgan fingerprint density at radius 2 is 2.11 bits per heavy atom. The summed E-state index contributed by atoms with van der Waals surface area (Å²) in [5.74, 6) is -0.960. The van der Waals surface area contributed by atoms with Crippen molar-refractivity contribution in [3.63, 3.8) is 0 Å². The van der Waals surface area contributed by atoms with E-state index in [-0.39, 0.29) is 5.56 Å². The minimum absolute atomic E-state index is 0.242. The Labute approximate surface area is 111 Å². The van der Waals surface area contributed by atoms with E-state index >= 15 is 0 Å². The summed E-state index contributed by atoms with van der Waals surface area (Å²) in [7, 11) is 0. The van der Waals surface area contributed by atoms with E-state index in [9.17, 15) is 9.90 Å². The van der Waals surface area contributed by atoms with Crippen molar-refractivity contribution in [2.75, 3.05) is 0 Å². The van der Waals surface area contributed by atoms with E-state index in [1.54, 1.807) is 17.7 Å². The van der Waals surface area contributed by atoms with Crippen molar-refractivity contribution in [2.45, 2.75) is 33.7 Å². The predicted octanol–water partition coefficient (Wildman–Crippen LogP) is 2.67. The van der Waals surface area contributed by atoms with Crippen molar-refractivity contribution in [1.82, 2.24) is 14.8 Å². The van der Waals surface area contributed by atoms with Crippen molar-refractivity contribution in [1.29, 1.82) is 0 Å². The third-order valence-corrected chi connectivity index (χ3v) is 2.99. The zero-order valence-electron chi connectivity index (χ0n) is 11.3. The molecule has 100 valence electrons.